The van der Waals surface area contributed by atoms with Crippen molar-refractivity contribution in [2.24, 2.45) is 5.92 Å². The van der Waals surface area contributed by atoms with Crippen molar-refractivity contribution in [3.8, 4) is 5.69 Å². The van der Waals surface area contributed by atoms with Gasteiger partial charge in [0.25, 0.3) is 0 Å². The summed E-state index contributed by atoms with van der Waals surface area (Å²) in [5.41, 5.74) is 4.94. The molecule has 1 N–H and O–H groups in total. The van der Waals surface area contributed by atoms with E-state index in [2.05, 4.69) is 46.8 Å². The first-order chi connectivity index (χ1) is 14.8. The van der Waals surface area contributed by atoms with E-state index in [1.165, 1.54) is 16.8 Å². The Morgan fingerprint density at radius 1 is 1.10 bits per heavy atom. The Morgan fingerprint density at radius 3 is 2.67 bits per heavy atom. The third kappa shape index (κ3) is 4.84. The molecule has 1 aliphatic rings. The van der Waals surface area contributed by atoms with Crippen LogP contribution in [-0.2, 0) is 11.2 Å². The third-order valence-corrected chi connectivity index (χ3v) is 6.03. The molecule has 0 spiro atoms. The van der Waals surface area contributed by atoms with E-state index in [0.717, 1.165) is 36.5 Å². The van der Waals surface area contributed by atoms with Crippen LogP contribution in [0.15, 0.2) is 72.9 Å². The van der Waals surface area contributed by atoms with Gasteiger partial charge in [-0.3, -0.25) is 0 Å². The van der Waals surface area contributed by atoms with Gasteiger partial charge in [0, 0.05) is 42.5 Å². The molecule has 1 aliphatic heterocycles. The van der Waals surface area contributed by atoms with Crippen molar-refractivity contribution < 1.29 is 4.74 Å². The van der Waals surface area contributed by atoms with E-state index in [4.69, 9.17) is 16.3 Å². The summed E-state index contributed by atoms with van der Waals surface area (Å²) in [6.45, 7) is 1.58. The highest BCUT2D eigenvalue weighted by Crippen LogP contribution is 2.31. The molecule has 0 saturated carbocycles. The molecular formula is C25H28ClN3O. The summed E-state index contributed by atoms with van der Waals surface area (Å²) in [6.07, 6.45) is 7.33. The smallest absolute Gasteiger partial charge is 0.0648 e. The van der Waals surface area contributed by atoms with Gasteiger partial charge >= 0.3 is 0 Å². The molecule has 0 saturated heterocycles. The minimum atomic E-state index is 0.323. The Kier molecular flexibility index (Phi) is 7.00. The number of nitrogens with zero attached hydrogens (tertiary/aromatic N) is 2. The van der Waals surface area contributed by atoms with Crippen molar-refractivity contribution in [2.75, 3.05) is 20.3 Å². The average molecular weight is 422 g/mol. The van der Waals surface area contributed by atoms with E-state index < -0.39 is 0 Å². The van der Waals surface area contributed by atoms with E-state index >= 15 is 0 Å². The molecule has 3 aromatic rings. The molecule has 0 aliphatic carbocycles. The summed E-state index contributed by atoms with van der Waals surface area (Å²) >= 11 is 6.09. The largest absolute Gasteiger partial charge is 0.384 e. The van der Waals surface area contributed by atoms with E-state index in [-0.39, 0.29) is 0 Å². The fourth-order valence-electron chi connectivity index (χ4n) is 4.32. The first-order valence-electron chi connectivity index (χ1n) is 10.5. The normalized spacial score (nSPS) is 18.9. The number of nitrogens with one attached hydrogen (secondary N) is 1. The molecule has 2 unspecified atom stereocenters. The summed E-state index contributed by atoms with van der Waals surface area (Å²) in [7, 11) is 1.78. The van der Waals surface area contributed by atoms with Gasteiger partial charge in [-0.2, -0.15) is 5.10 Å². The predicted octanol–water partition coefficient (Wildman–Crippen LogP) is 5.17. The number of aromatic nitrogens is 2. The lowest BCUT2D eigenvalue weighted by Gasteiger charge is -2.34. The molecule has 2 aromatic carbocycles. The van der Waals surface area contributed by atoms with E-state index in [9.17, 15) is 0 Å². The van der Waals surface area contributed by atoms with Crippen molar-refractivity contribution in [3.63, 3.8) is 0 Å². The molecule has 4 nitrogen and oxygen atoms in total. The van der Waals surface area contributed by atoms with Crippen LogP contribution in [0.2, 0.25) is 5.02 Å². The lowest BCUT2D eigenvalue weighted by Crippen LogP contribution is -2.42. The highest BCUT2D eigenvalue weighted by molar-refractivity contribution is 6.30. The van der Waals surface area contributed by atoms with Gasteiger partial charge in [-0.15, -0.1) is 0 Å². The predicted molar refractivity (Wildman–Crippen MR) is 123 cm³/mol. The Balaban J connectivity index is 1.43. The average Bonchev–Trinajstić information content (AvgIpc) is 3.25. The molecule has 5 heteroatoms. The maximum Gasteiger partial charge on any atom is 0.0648 e. The van der Waals surface area contributed by atoms with Crippen LogP contribution in [0.1, 0.15) is 24.1 Å². The zero-order valence-corrected chi connectivity index (χ0v) is 18.1. The molecule has 2 atom stereocenters. The van der Waals surface area contributed by atoms with Crippen molar-refractivity contribution in [1.82, 2.24) is 15.1 Å². The van der Waals surface area contributed by atoms with Crippen LogP contribution < -0.4 is 5.32 Å². The van der Waals surface area contributed by atoms with E-state index in [1.807, 2.05) is 41.2 Å². The number of halogens is 1. The van der Waals surface area contributed by atoms with Crippen LogP contribution in [-0.4, -0.2) is 36.1 Å². The van der Waals surface area contributed by atoms with Gasteiger partial charge in [0.1, 0.15) is 0 Å². The number of methoxy groups -OCH3 is 1. The SMILES string of the molecule is COCC1C(c2ccc(Cl)cc2)=CCNC1CCCc1ccnn1-c1ccccc1. The highest BCUT2D eigenvalue weighted by Gasteiger charge is 2.28. The molecule has 4 rings (SSSR count). The summed E-state index contributed by atoms with van der Waals surface area (Å²) < 4.78 is 7.64. The third-order valence-electron chi connectivity index (χ3n) is 5.78. The zero-order chi connectivity index (χ0) is 20.8. The van der Waals surface area contributed by atoms with Crippen LogP contribution in [0, 0.1) is 5.92 Å². The number of hydrogen-bond donors (Lipinski definition) is 1. The van der Waals surface area contributed by atoms with Gasteiger partial charge in [0.05, 0.1) is 12.3 Å². The molecule has 2 heterocycles. The van der Waals surface area contributed by atoms with Crippen LogP contribution in [0.5, 0.6) is 0 Å². The number of ether oxygens (including phenoxy) is 1. The Bertz CT molecular complexity index is 966. The summed E-state index contributed by atoms with van der Waals surface area (Å²) in [4.78, 5) is 0. The lowest BCUT2D eigenvalue weighted by molar-refractivity contribution is 0.151. The quantitative estimate of drug-likeness (QED) is 0.545. The number of benzene rings is 2. The van der Waals surface area contributed by atoms with E-state index in [0.29, 0.717) is 18.6 Å². The fourth-order valence-corrected chi connectivity index (χ4v) is 4.44. The second kappa shape index (κ2) is 10.1. The van der Waals surface area contributed by atoms with Gasteiger partial charge < -0.3 is 10.1 Å². The van der Waals surface area contributed by atoms with Gasteiger partial charge in [0.15, 0.2) is 0 Å². The Labute approximate surface area is 183 Å². The molecule has 0 fully saturated rings. The van der Waals surface area contributed by atoms with Gasteiger partial charge in [-0.25, -0.2) is 4.68 Å². The summed E-state index contributed by atoms with van der Waals surface area (Å²) in [5, 5.41) is 8.97. The molecule has 30 heavy (non-hydrogen) atoms. The topological polar surface area (TPSA) is 39.1 Å². The monoisotopic (exact) mass is 421 g/mol. The molecule has 0 radical (unpaired) electrons. The van der Waals surface area contributed by atoms with Crippen LogP contribution in [0.4, 0.5) is 0 Å². The van der Waals surface area contributed by atoms with Crippen LogP contribution in [0.25, 0.3) is 11.3 Å². The van der Waals surface area contributed by atoms with Crippen molar-refractivity contribution in [1.29, 1.82) is 0 Å². The van der Waals surface area contributed by atoms with Gasteiger partial charge in [-0.1, -0.05) is 48.0 Å². The maximum atomic E-state index is 6.09. The maximum absolute atomic E-state index is 6.09. The molecule has 0 amide bonds. The summed E-state index contributed by atoms with van der Waals surface area (Å²) in [5.74, 6) is 0.323. The van der Waals surface area contributed by atoms with Crippen molar-refractivity contribution in [3.05, 3.63) is 89.2 Å². The minimum absolute atomic E-state index is 0.323. The molecule has 156 valence electrons. The first-order valence-corrected chi connectivity index (χ1v) is 10.9. The minimum Gasteiger partial charge on any atom is -0.384 e. The Morgan fingerprint density at radius 2 is 1.90 bits per heavy atom. The van der Waals surface area contributed by atoms with Gasteiger partial charge in [-0.05, 0) is 60.7 Å². The lowest BCUT2D eigenvalue weighted by atomic mass is 9.82. The first kappa shape index (κ1) is 20.9. The van der Waals surface area contributed by atoms with Crippen LogP contribution >= 0.6 is 11.6 Å². The zero-order valence-electron chi connectivity index (χ0n) is 17.3. The molecular weight excluding hydrogens is 394 g/mol. The fraction of sp³-hybridized carbons (Fsp3) is 0.320. The highest BCUT2D eigenvalue weighted by atomic mass is 35.5. The van der Waals surface area contributed by atoms with Gasteiger partial charge in [0.2, 0.25) is 0 Å². The molecule has 1 aromatic heterocycles. The number of rotatable bonds is 8. The van der Waals surface area contributed by atoms with Crippen molar-refractivity contribution >= 4 is 17.2 Å². The second-order valence-electron chi connectivity index (χ2n) is 7.71. The standard InChI is InChI=1S/C25H28ClN3O/c1-30-18-24-23(19-10-12-20(26)13-11-19)15-16-27-25(24)9-5-8-22-14-17-28-29(22)21-6-3-2-4-7-21/h2-4,6-7,10-15,17,24-25,27H,5,8-9,16,18H2,1H3. The second-order valence-corrected chi connectivity index (χ2v) is 8.14. The number of hydrogen-bond acceptors (Lipinski definition) is 3. The Hall–Kier alpha value is -2.40. The molecule has 0 bridgehead atoms. The summed E-state index contributed by atoms with van der Waals surface area (Å²) in [6, 6.07) is 21.0. The number of aryl methyl sites for hydroxylation is 1. The van der Waals surface area contributed by atoms with E-state index in [1.54, 1.807) is 7.11 Å². The van der Waals surface area contributed by atoms with Crippen LogP contribution in [0.3, 0.4) is 0 Å². The number of para-hydroxylation sites is 1. The van der Waals surface area contributed by atoms with Crippen molar-refractivity contribution in [2.45, 2.75) is 25.3 Å².